The van der Waals surface area contributed by atoms with E-state index in [0.717, 1.165) is 9.90 Å². The second-order valence-corrected chi connectivity index (χ2v) is 8.00. The second kappa shape index (κ2) is 9.29. The Morgan fingerprint density at radius 1 is 1.20 bits per heavy atom. The fourth-order valence-corrected chi connectivity index (χ4v) is 3.97. The number of aromatic nitrogens is 6. The summed E-state index contributed by atoms with van der Waals surface area (Å²) in [7, 11) is 0. The molecule has 0 atom stereocenters. The van der Waals surface area contributed by atoms with Crippen LogP contribution in [-0.2, 0) is 4.79 Å². The minimum atomic E-state index is -0.452. The second-order valence-electron chi connectivity index (χ2n) is 5.75. The molecular formula is C19H15N7O2S2. The van der Waals surface area contributed by atoms with Crippen molar-refractivity contribution < 1.29 is 9.21 Å². The number of hydrogen-bond donors (Lipinski definition) is 1. The minimum Gasteiger partial charge on any atom is -0.465 e. The molecule has 9 nitrogen and oxygen atoms in total. The Morgan fingerprint density at radius 2 is 2.07 bits per heavy atom. The maximum Gasteiger partial charge on any atom is 0.276 e. The highest BCUT2D eigenvalue weighted by atomic mass is 32.2. The van der Waals surface area contributed by atoms with Gasteiger partial charge in [0.2, 0.25) is 5.13 Å². The number of anilines is 1. The van der Waals surface area contributed by atoms with Gasteiger partial charge >= 0.3 is 0 Å². The Bertz CT molecular complexity index is 1170. The monoisotopic (exact) mass is 437 g/mol. The zero-order valence-corrected chi connectivity index (χ0v) is 17.1. The summed E-state index contributed by atoms with van der Waals surface area (Å²) in [4.78, 5) is 13.1. The molecule has 30 heavy (non-hydrogen) atoms. The lowest BCUT2D eigenvalue weighted by atomic mass is 10.2. The van der Waals surface area contributed by atoms with Gasteiger partial charge in [-0.05, 0) is 22.6 Å². The predicted molar refractivity (Wildman–Crippen MR) is 116 cm³/mol. The quantitative estimate of drug-likeness (QED) is 0.192. The van der Waals surface area contributed by atoms with Crippen molar-refractivity contribution in [1.29, 1.82) is 0 Å². The lowest BCUT2D eigenvalue weighted by Crippen LogP contribution is -2.19. The highest BCUT2D eigenvalue weighted by Gasteiger charge is 2.21. The van der Waals surface area contributed by atoms with E-state index in [0.29, 0.717) is 22.5 Å². The van der Waals surface area contributed by atoms with Crippen LogP contribution in [0.15, 0.2) is 70.1 Å². The van der Waals surface area contributed by atoms with E-state index in [-0.39, 0.29) is 5.70 Å². The number of nitrogens with one attached hydrogen (secondary N) is 1. The van der Waals surface area contributed by atoms with Crippen molar-refractivity contribution >= 4 is 45.9 Å². The Morgan fingerprint density at radius 3 is 2.83 bits per heavy atom. The summed E-state index contributed by atoms with van der Waals surface area (Å²) in [6, 6.07) is 12.8. The SMILES string of the molecule is C=CCSc1nnc(NC(=O)/C(=C/c2ccco2)n2nnnc2-c2ccccc2)s1. The van der Waals surface area contributed by atoms with Crippen molar-refractivity contribution in [1.82, 2.24) is 30.4 Å². The highest BCUT2D eigenvalue weighted by molar-refractivity contribution is 8.01. The smallest absolute Gasteiger partial charge is 0.276 e. The largest absolute Gasteiger partial charge is 0.465 e. The van der Waals surface area contributed by atoms with Gasteiger partial charge < -0.3 is 4.42 Å². The Labute approximate surface area is 179 Å². The fraction of sp³-hybridized carbons (Fsp3) is 0.0526. The van der Waals surface area contributed by atoms with E-state index in [1.807, 2.05) is 30.3 Å². The van der Waals surface area contributed by atoms with Gasteiger partial charge in [0.25, 0.3) is 5.91 Å². The first-order valence-corrected chi connectivity index (χ1v) is 10.5. The Kier molecular flexibility index (Phi) is 6.11. The number of thioether (sulfide) groups is 1. The van der Waals surface area contributed by atoms with Gasteiger partial charge in [-0.3, -0.25) is 10.1 Å². The van der Waals surface area contributed by atoms with Crippen LogP contribution in [0.1, 0.15) is 5.76 Å². The highest BCUT2D eigenvalue weighted by Crippen LogP contribution is 2.27. The minimum absolute atomic E-state index is 0.171. The lowest BCUT2D eigenvalue weighted by Gasteiger charge is -2.08. The molecule has 0 aliphatic carbocycles. The van der Waals surface area contributed by atoms with Crippen LogP contribution in [0.4, 0.5) is 5.13 Å². The molecule has 0 saturated carbocycles. The number of rotatable bonds is 8. The van der Waals surface area contributed by atoms with E-state index in [2.05, 4.69) is 37.6 Å². The first-order chi connectivity index (χ1) is 14.7. The van der Waals surface area contributed by atoms with Crippen LogP contribution in [0.2, 0.25) is 0 Å². The molecule has 1 amide bonds. The van der Waals surface area contributed by atoms with Crippen molar-refractivity contribution in [3.05, 3.63) is 67.1 Å². The third-order valence-corrected chi connectivity index (χ3v) is 5.70. The van der Waals surface area contributed by atoms with Crippen molar-refractivity contribution in [2.75, 3.05) is 11.1 Å². The molecule has 0 aliphatic rings. The summed E-state index contributed by atoms with van der Waals surface area (Å²) in [6.45, 7) is 3.68. The first kappa shape index (κ1) is 19.7. The topological polar surface area (TPSA) is 112 Å². The number of carbonyl (C=O) groups excluding carboxylic acids is 1. The van der Waals surface area contributed by atoms with Crippen LogP contribution >= 0.6 is 23.1 Å². The Balaban J connectivity index is 1.67. The third-order valence-electron chi connectivity index (χ3n) is 3.74. The standard InChI is InChI=1S/C19H15N7O2S2/c1-2-11-29-19-23-22-18(30-19)20-17(27)15(12-14-9-6-10-28-14)26-16(21-24-25-26)13-7-4-3-5-8-13/h2-10,12H,1,11H2,(H,20,22,27)/b15-12-. The molecule has 4 aromatic rings. The molecule has 1 aromatic carbocycles. The van der Waals surface area contributed by atoms with Gasteiger partial charge in [-0.2, -0.15) is 4.68 Å². The van der Waals surface area contributed by atoms with E-state index in [1.165, 1.54) is 34.0 Å². The van der Waals surface area contributed by atoms with E-state index < -0.39 is 5.91 Å². The molecule has 0 saturated heterocycles. The van der Waals surface area contributed by atoms with Crippen LogP contribution in [0.25, 0.3) is 23.2 Å². The number of carbonyl (C=O) groups is 1. The summed E-state index contributed by atoms with van der Waals surface area (Å²) < 4.78 is 7.47. The van der Waals surface area contributed by atoms with Crippen molar-refractivity contribution in [3.8, 4) is 11.4 Å². The van der Waals surface area contributed by atoms with Crippen LogP contribution in [0.5, 0.6) is 0 Å². The molecule has 150 valence electrons. The molecule has 1 N–H and O–H groups in total. The summed E-state index contributed by atoms with van der Waals surface area (Å²) >= 11 is 2.76. The van der Waals surface area contributed by atoms with E-state index in [9.17, 15) is 4.79 Å². The number of benzene rings is 1. The zero-order chi connectivity index (χ0) is 20.8. The van der Waals surface area contributed by atoms with Gasteiger partial charge in [0.1, 0.15) is 11.5 Å². The van der Waals surface area contributed by atoms with E-state index in [1.54, 1.807) is 24.3 Å². The van der Waals surface area contributed by atoms with Gasteiger partial charge in [-0.1, -0.05) is 59.5 Å². The third kappa shape index (κ3) is 4.53. The average molecular weight is 438 g/mol. The average Bonchev–Trinajstić information content (AvgIpc) is 3.53. The van der Waals surface area contributed by atoms with Crippen molar-refractivity contribution in [3.63, 3.8) is 0 Å². The molecule has 0 radical (unpaired) electrons. The number of amides is 1. The molecule has 0 bridgehead atoms. The number of tetrazole rings is 1. The molecule has 0 fully saturated rings. The normalized spacial score (nSPS) is 11.4. The predicted octanol–water partition coefficient (Wildman–Crippen LogP) is 3.70. The number of hydrogen-bond acceptors (Lipinski definition) is 9. The van der Waals surface area contributed by atoms with E-state index >= 15 is 0 Å². The van der Waals surface area contributed by atoms with Gasteiger partial charge in [-0.15, -0.1) is 21.9 Å². The first-order valence-electron chi connectivity index (χ1n) is 8.72. The van der Waals surface area contributed by atoms with Gasteiger partial charge in [0.15, 0.2) is 10.2 Å². The molecule has 0 unspecified atom stereocenters. The van der Waals surface area contributed by atoms with Crippen LogP contribution in [0.3, 0.4) is 0 Å². The molecule has 4 rings (SSSR count). The summed E-state index contributed by atoms with van der Waals surface area (Å²) in [5, 5.41) is 23.0. The lowest BCUT2D eigenvalue weighted by molar-refractivity contribution is -0.111. The molecule has 11 heteroatoms. The maximum atomic E-state index is 13.1. The summed E-state index contributed by atoms with van der Waals surface area (Å²) in [6.07, 6.45) is 4.86. The summed E-state index contributed by atoms with van der Waals surface area (Å²) in [5.41, 5.74) is 0.934. The molecular weight excluding hydrogens is 422 g/mol. The molecule has 0 aliphatic heterocycles. The fourth-order valence-electron chi connectivity index (χ4n) is 2.46. The maximum absolute atomic E-state index is 13.1. The van der Waals surface area contributed by atoms with Crippen molar-refractivity contribution in [2.45, 2.75) is 4.34 Å². The molecule has 0 spiro atoms. The van der Waals surface area contributed by atoms with Gasteiger partial charge in [0.05, 0.1) is 6.26 Å². The zero-order valence-electron chi connectivity index (χ0n) is 15.5. The molecule has 3 heterocycles. The number of furan rings is 1. The van der Waals surface area contributed by atoms with E-state index in [4.69, 9.17) is 4.42 Å². The van der Waals surface area contributed by atoms with Crippen LogP contribution < -0.4 is 5.32 Å². The van der Waals surface area contributed by atoms with Crippen LogP contribution in [-0.4, -0.2) is 42.1 Å². The van der Waals surface area contributed by atoms with Crippen LogP contribution in [0, 0.1) is 0 Å². The Hall–Kier alpha value is -3.57. The van der Waals surface area contributed by atoms with Gasteiger partial charge in [0, 0.05) is 17.4 Å². The molecule has 3 aromatic heterocycles. The van der Waals surface area contributed by atoms with Crippen molar-refractivity contribution in [2.24, 2.45) is 0 Å². The summed E-state index contributed by atoms with van der Waals surface area (Å²) in [5.74, 6) is 1.15. The van der Waals surface area contributed by atoms with Gasteiger partial charge in [-0.25, -0.2) is 0 Å². The number of nitrogens with zero attached hydrogens (tertiary/aromatic N) is 6.